The van der Waals surface area contributed by atoms with Crippen molar-refractivity contribution in [1.82, 2.24) is 4.90 Å². The van der Waals surface area contributed by atoms with Crippen molar-refractivity contribution >= 4 is 63.5 Å². The number of carbonyl (C=O) groups excluding carboxylic acids is 1. The summed E-state index contributed by atoms with van der Waals surface area (Å²) in [5.74, 6) is -0.0769. The average molecular weight is 394 g/mol. The fraction of sp³-hybridized carbons (Fsp3) is 0.111. The lowest BCUT2D eigenvalue weighted by atomic mass is 10.1. The zero-order chi connectivity index (χ0) is 17.1. The summed E-state index contributed by atoms with van der Waals surface area (Å²) < 4.78 is 0.576. The first-order chi connectivity index (χ1) is 11.5. The molecule has 0 radical (unpaired) electrons. The van der Waals surface area contributed by atoms with Gasteiger partial charge in [-0.05, 0) is 35.8 Å². The molecular weight excluding hydrogens is 381 g/mol. The van der Waals surface area contributed by atoms with E-state index in [4.69, 9.17) is 35.4 Å². The summed E-state index contributed by atoms with van der Waals surface area (Å²) in [7, 11) is 0. The maximum absolute atomic E-state index is 12.6. The van der Waals surface area contributed by atoms with Gasteiger partial charge in [0.25, 0.3) is 5.91 Å². The Hall–Kier alpha value is -1.33. The van der Waals surface area contributed by atoms with Crippen molar-refractivity contribution in [1.29, 1.82) is 0 Å². The van der Waals surface area contributed by atoms with E-state index in [1.807, 2.05) is 30.3 Å². The Morgan fingerprint density at radius 1 is 1.12 bits per heavy atom. The molecule has 24 heavy (non-hydrogen) atoms. The van der Waals surface area contributed by atoms with E-state index < -0.39 is 0 Å². The SMILES string of the molecule is O=C1/C(=C\c2ccc(Cl)cc2Cl)SC(=S)N1CCc1ccccc1. The molecule has 0 atom stereocenters. The Balaban J connectivity index is 1.75. The standard InChI is InChI=1S/C18H13Cl2NOS2/c19-14-7-6-13(15(20)11-14)10-16-17(22)21(18(23)24-16)9-8-12-4-2-1-3-5-12/h1-7,10-11H,8-9H2/b16-10+. The van der Waals surface area contributed by atoms with Gasteiger partial charge >= 0.3 is 0 Å². The van der Waals surface area contributed by atoms with Crippen molar-refractivity contribution in [2.75, 3.05) is 6.54 Å². The monoisotopic (exact) mass is 393 g/mol. The van der Waals surface area contributed by atoms with Crippen LogP contribution in [0.15, 0.2) is 53.4 Å². The molecule has 0 aliphatic carbocycles. The van der Waals surface area contributed by atoms with Gasteiger partial charge in [0.15, 0.2) is 0 Å². The second-order valence-electron chi connectivity index (χ2n) is 5.23. The van der Waals surface area contributed by atoms with Crippen LogP contribution in [0.25, 0.3) is 6.08 Å². The van der Waals surface area contributed by atoms with Gasteiger partial charge in [0.05, 0.1) is 4.91 Å². The number of amides is 1. The van der Waals surface area contributed by atoms with E-state index in [1.165, 1.54) is 17.3 Å². The minimum absolute atomic E-state index is 0.0769. The predicted octanol–water partition coefficient (Wildman–Crippen LogP) is 5.44. The first-order valence-corrected chi connectivity index (χ1v) is 9.27. The van der Waals surface area contributed by atoms with Crippen LogP contribution in [0.1, 0.15) is 11.1 Å². The fourth-order valence-corrected chi connectivity index (χ4v) is 4.10. The van der Waals surface area contributed by atoms with E-state index in [1.54, 1.807) is 29.2 Å². The molecule has 2 aromatic rings. The molecule has 1 heterocycles. The highest BCUT2D eigenvalue weighted by Gasteiger charge is 2.31. The molecule has 1 amide bonds. The molecule has 0 spiro atoms. The number of benzene rings is 2. The number of hydrogen-bond acceptors (Lipinski definition) is 3. The van der Waals surface area contributed by atoms with Crippen molar-refractivity contribution < 1.29 is 4.79 Å². The van der Waals surface area contributed by atoms with Crippen LogP contribution in [-0.4, -0.2) is 21.7 Å². The van der Waals surface area contributed by atoms with Gasteiger partial charge in [-0.25, -0.2) is 0 Å². The molecule has 0 unspecified atom stereocenters. The number of carbonyl (C=O) groups is 1. The molecule has 0 bridgehead atoms. The molecule has 2 aromatic carbocycles. The molecule has 1 aliphatic heterocycles. The van der Waals surface area contributed by atoms with Crippen LogP contribution < -0.4 is 0 Å². The van der Waals surface area contributed by atoms with Gasteiger partial charge < -0.3 is 0 Å². The molecule has 6 heteroatoms. The summed E-state index contributed by atoms with van der Waals surface area (Å²) in [4.78, 5) is 14.8. The van der Waals surface area contributed by atoms with Crippen molar-refractivity contribution in [3.63, 3.8) is 0 Å². The van der Waals surface area contributed by atoms with E-state index >= 15 is 0 Å². The predicted molar refractivity (Wildman–Crippen MR) is 106 cm³/mol. The third kappa shape index (κ3) is 4.01. The van der Waals surface area contributed by atoms with Crippen molar-refractivity contribution in [3.8, 4) is 0 Å². The number of nitrogens with zero attached hydrogens (tertiary/aromatic N) is 1. The van der Waals surface area contributed by atoms with Crippen molar-refractivity contribution in [2.24, 2.45) is 0 Å². The lowest BCUT2D eigenvalue weighted by Crippen LogP contribution is -2.30. The van der Waals surface area contributed by atoms with Gasteiger partial charge in [-0.3, -0.25) is 9.69 Å². The second-order valence-corrected chi connectivity index (χ2v) is 7.75. The van der Waals surface area contributed by atoms with Gasteiger partial charge in [0, 0.05) is 16.6 Å². The summed E-state index contributed by atoms with van der Waals surface area (Å²) in [5.41, 5.74) is 1.93. The minimum atomic E-state index is -0.0769. The minimum Gasteiger partial charge on any atom is -0.293 e. The number of thiocarbonyl (C=S) groups is 1. The van der Waals surface area contributed by atoms with Crippen LogP contribution in [0, 0.1) is 0 Å². The molecule has 1 aliphatic rings. The van der Waals surface area contributed by atoms with E-state index in [0.29, 0.717) is 25.8 Å². The first kappa shape index (κ1) is 17.5. The number of rotatable bonds is 4. The summed E-state index contributed by atoms with van der Waals surface area (Å²) in [5, 5.41) is 1.07. The Labute approximate surface area is 160 Å². The number of hydrogen-bond donors (Lipinski definition) is 0. The molecular formula is C18H13Cl2NOS2. The number of halogens is 2. The highest BCUT2D eigenvalue weighted by Crippen LogP contribution is 2.34. The molecule has 0 N–H and O–H groups in total. The molecule has 1 saturated heterocycles. The third-order valence-electron chi connectivity index (χ3n) is 3.59. The van der Waals surface area contributed by atoms with E-state index in [9.17, 15) is 4.79 Å². The largest absolute Gasteiger partial charge is 0.293 e. The van der Waals surface area contributed by atoms with Crippen LogP contribution in [0.3, 0.4) is 0 Å². The van der Waals surface area contributed by atoms with Gasteiger partial charge in [-0.1, -0.05) is 83.6 Å². The van der Waals surface area contributed by atoms with E-state index in [-0.39, 0.29) is 5.91 Å². The smallest absolute Gasteiger partial charge is 0.266 e. The van der Waals surface area contributed by atoms with E-state index in [2.05, 4.69) is 0 Å². The molecule has 122 valence electrons. The topological polar surface area (TPSA) is 20.3 Å². The first-order valence-electron chi connectivity index (χ1n) is 7.29. The van der Waals surface area contributed by atoms with Crippen molar-refractivity contribution in [3.05, 3.63) is 74.6 Å². The Kier molecular flexibility index (Phi) is 5.61. The van der Waals surface area contributed by atoms with Crippen molar-refractivity contribution in [2.45, 2.75) is 6.42 Å². The zero-order valence-electron chi connectivity index (χ0n) is 12.5. The quantitative estimate of drug-likeness (QED) is 0.509. The van der Waals surface area contributed by atoms with Crippen LogP contribution in [-0.2, 0) is 11.2 Å². The zero-order valence-corrected chi connectivity index (χ0v) is 15.7. The van der Waals surface area contributed by atoms with Crippen LogP contribution in [0.4, 0.5) is 0 Å². The van der Waals surface area contributed by atoms with Gasteiger partial charge in [0.2, 0.25) is 0 Å². The molecule has 3 rings (SSSR count). The Morgan fingerprint density at radius 3 is 2.58 bits per heavy atom. The van der Waals surface area contributed by atoms with Gasteiger partial charge in [-0.15, -0.1) is 0 Å². The van der Waals surface area contributed by atoms with Gasteiger partial charge in [-0.2, -0.15) is 0 Å². The maximum Gasteiger partial charge on any atom is 0.266 e. The summed E-state index contributed by atoms with van der Waals surface area (Å²) in [6.07, 6.45) is 2.53. The highest BCUT2D eigenvalue weighted by molar-refractivity contribution is 8.26. The maximum atomic E-state index is 12.6. The molecule has 0 aromatic heterocycles. The van der Waals surface area contributed by atoms with Crippen LogP contribution in [0.5, 0.6) is 0 Å². The van der Waals surface area contributed by atoms with Gasteiger partial charge in [0.1, 0.15) is 4.32 Å². The molecule has 0 saturated carbocycles. The Morgan fingerprint density at radius 2 is 1.88 bits per heavy atom. The molecule has 2 nitrogen and oxygen atoms in total. The van der Waals surface area contributed by atoms with E-state index in [0.717, 1.165) is 12.0 Å². The number of thioether (sulfide) groups is 1. The second kappa shape index (κ2) is 7.70. The summed E-state index contributed by atoms with van der Waals surface area (Å²) in [6.45, 7) is 0.570. The normalized spacial score (nSPS) is 16.2. The lowest BCUT2D eigenvalue weighted by molar-refractivity contribution is -0.122. The fourth-order valence-electron chi connectivity index (χ4n) is 2.34. The highest BCUT2D eigenvalue weighted by atomic mass is 35.5. The lowest BCUT2D eigenvalue weighted by Gasteiger charge is -2.14. The van der Waals surface area contributed by atoms with Crippen LogP contribution >= 0.6 is 47.2 Å². The Bertz CT molecular complexity index is 821. The average Bonchev–Trinajstić information content (AvgIpc) is 2.83. The summed E-state index contributed by atoms with van der Waals surface area (Å²) >= 11 is 18.7. The van der Waals surface area contributed by atoms with Crippen LogP contribution in [0.2, 0.25) is 10.0 Å². The third-order valence-corrected chi connectivity index (χ3v) is 5.53. The summed E-state index contributed by atoms with van der Waals surface area (Å²) in [6, 6.07) is 15.2. The molecule has 1 fully saturated rings.